The number of hydrogen-bond donors (Lipinski definition) is 0. The molecule has 0 bridgehead atoms. The fraction of sp³-hybridized carbons (Fsp3) is 0.143. The molecule has 0 amide bonds. The van der Waals surface area contributed by atoms with Crippen LogP contribution in [0.5, 0.6) is 0 Å². The van der Waals surface area contributed by atoms with Crippen molar-refractivity contribution in [2.75, 3.05) is 7.05 Å². The molecular weight excluding hydrogens is 272 g/mol. The van der Waals surface area contributed by atoms with Gasteiger partial charge in [0.05, 0.1) is 4.92 Å². The second-order valence-electron chi connectivity index (χ2n) is 3.28. The van der Waals surface area contributed by atoms with Crippen molar-refractivity contribution in [2.45, 2.75) is 9.79 Å². The van der Waals surface area contributed by atoms with Crippen molar-refractivity contribution in [2.24, 2.45) is 0 Å². The first-order valence-electron chi connectivity index (χ1n) is 4.21. The minimum absolute atomic E-state index is 0.203. The standard InChI is InChI=1S/C7H6N2O6S2/c1-8-16(12,13)6-3-2-5(9(10)11)4-7(6)17(8,14)15/h2-4H,1H3. The quantitative estimate of drug-likeness (QED) is 0.524. The van der Waals surface area contributed by atoms with Crippen LogP contribution in [-0.2, 0) is 20.0 Å². The highest BCUT2D eigenvalue weighted by molar-refractivity contribution is 8.06. The van der Waals surface area contributed by atoms with Crippen LogP contribution >= 0.6 is 0 Å². The maximum absolute atomic E-state index is 11.7. The van der Waals surface area contributed by atoms with Gasteiger partial charge in [0.15, 0.2) is 0 Å². The summed E-state index contributed by atoms with van der Waals surface area (Å²) < 4.78 is 46.9. The Kier molecular flexibility index (Phi) is 2.28. The third kappa shape index (κ3) is 1.45. The molecule has 8 nitrogen and oxygen atoms in total. The lowest BCUT2D eigenvalue weighted by molar-refractivity contribution is -0.385. The molecule has 0 saturated heterocycles. The van der Waals surface area contributed by atoms with E-state index in [9.17, 15) is 26.9 Å². The average molecular weight is 278 g/mol. The molecule has 1 aromatic carbocycles. The van der Waals surface area contributed by atoms with Crippen LogP contribution in [0.2, 0.25) is 0 Å². The number of hydrogen-bond acceptors (Lipinski definition) is 6. The van der Waals surface area contributed by atoms with Crippen LogP contribution in [0.25, 0.3) is 0 Å². The van der Waals surface area contributed by atoms with Gasteiger partial charge in [0.25, 0.3) is 25.7 Å². The lowest BCUT2D eigenvalue weighted by Gasteiger charge is -2.04. The van der Waals surface area contributed by atoms with Gasteiger partial charge in [-0.15, -0.1) is 0 Å². The molecule has 10 heteroatoms. The Morgan fingerprint density at radius 1 is 1.12 bits per heavy atom. The highest BCUT2D eigenvalue weighted by Crippen LogP contribution is 2.37. The number of rotatable bonds is 1. The van der Waals surface area contributed by atoms with Crippen molar-refractivity contribution in [1.82, 2.24) is 3.71 Å². The lowest BCUT2D eigenvalue weighted by Crippen LogP contribution is -2.25. The zero-order valence-electron chi connectivity index (χ0n) is 8.39. The number of sulfonamides is 2. The molecule has 17 heavy (non-hydrogen) atoms. The van der Waals surface area contributed by atoms with Crippen molar-refractivity contribution < 1.29 is 21.8 Å². The summed E-state index contributed by atoms with van der Waals surface area (Å²) in [6.07, 6.45) is 0. The third-order valence-electron chi connectivity index (χ3n) is 2.37. The fourth-order valence-corrected chi connectivity index (χ4v) is 5.28. The summed E-state index contributed by atoms with van der Waals surface area (Å²) in [6, 6.07) is 2.61. The third-order valence-corrected chi connectivity index (χ3v) is 6.84. The Morgan fingerprint density at radius 2 is 1.65 bits per heavy atom. The Bertz CT molecular complexity index is 721. The molecule has 0 aliphatic carbocycles. The van der Waals surface area contributed by atoms with Crippen molar-refractivity contribution in [3.8, 4) is 0 Å². The SMILES string of the molecule is CN1S(=O)(=O)c2ccc([N+](=O)[O-])cc2S1(=O)=O. The van der Waals surface area contributed by atoms with Gasteiger partial charge in [-0.2, -0.15) is 0 Å². The molecule has 1 aromatic rings. The molecule has 1 aliphatic heterocycles. The summed E-state index contributed by atoms with van der Waals surface area (Å²) in [5, 5.41) is 10.5. The predicted octanol–water partition coefficient (Wildman–Crippen LogP) is -0.0824. The summed E-state index contributed by atoms with van der Waals surface area (Å²) in [5.41, 5.74) is -0.474. The monoisotopic (exact) mass is 278 g/mol. The largest absolute Gasteiger partial charge is 0.270 e. The topological polar surface area (TPSA) is 115 Å². The molecule has 1 aliphatic rings. The van der Waals surface area contributed by atoms with E-state index in [0.717, 1.165) is 25.2 Å². The summed E-state index contributed by atoms with van der Waals surface area (Å²) in [5.74, 6) is 0. The minimum Gasteiger partial charge on any atom is -0.258 e. The summed E-state index contributed by atoms with van der Waals surface area (Å²) in [7, 11) is -7.43. The van der Waals surface area contributed by atoms with Crippen LogP contribution in [0.3, 0.4) is 0 Å². The minimum atomic E-state index is -4.21. The molecule has 92 valence electrons. The number of nitro benzene ring substituents is 1. The van der Waals surface area contributed by atoms with Crippen molar-refractivity contribution in [1.29, 1.82) is 0 Å². The molecule has 0 radical (unpaired) electrons. The Morgan fingerprint density at radius 3 is 2.18 bits per heavy atom. The van der Waals surface area contributed by atoms with Gasteiger partial charge in [-0.1, -0.05) is 3.71 Å². The number of fused-ring (bicyclic) bond motifs is 1. The highest BCUT2D eigenvalue weighted by Gasteiger charge is 2.45. The molecule has 2 rings (SSSR count). The van der Waals surface area contributed by atoms with Gasteiger partial charge >= 0.3 is 0 Å². The maximum Gasteiger partial charge on any atom is 0.270 e. The Hall–Kier alpha value is -1.52. The first kappa shape index (κ1) is 12.0. The van der Waals surface area contributed by atoms with Gasteiger partial charge in [0.2, 0.25) is 0 Å². The van der Waals surface area contributed by atoms with E-state index >= 15 is 0 Å². The van der Waals surface area contributed by atoms with Gasteiger partial charge < -0.3 is 0 Å². The Labute approximate surface area is 96.7 Å². The summed E-state index contributed by atoms with van der Waals surface area (Å²) in [6.45, 7) is 0. The van der Waals surface area contributed by atoms with Crippen LogP contribution in [-0.4, -0.2) is 32.5 Å². The van der Waals surface area contributed by atoms with Gasteiger partial charge in [-0.25, -0.2) is 16.8 Å². The first-order valence-corrected chi connectivity index (χ1v) is 7.09. The van der Waals surface area contributed by atoms with E-state index in [4.69, 9.17) is 0 Å². The zero-order chi connectivity index (χ0) is 13.0. The number of nitro groups is 1. The van der Waals surface area contributed by atoms with E-state index in [1.165, 1.54) is 0 Å². The van der Waals surface area contributed by atoms with E-state index in [2.05, 4.69) is 0 Å². The maximum atomic E-state index is 11.7. The summed E-state index contributed by atoms with van der Waals surface area (Å²) in [4.78, 5) is 8.71. The lowest BCUT2D eigenvalue weighted by atomic mass is 10.3. The molecule has 1 heterocycles. The van der Waals surface area contributed by atoms with Gasteiger partial charge in [0.1, 0.15) is 9.79 Å². The molecule has 0 fully saturated rings. The van der Waals surface area contributed by atoms with Crippen molar-refractivity contribution >= 4 is 25.7 Å². The Balaban J connectivity index is 2.87. The highest BCUT2D eigenvalue weighted by atomic mass is 32.3. The zero-order valence-corrected chi connectivity index (χ0v) is 10.0. The molecule has 0 unspecified atom stereocenters. The van der Waals surface area contributed by atoms with E-state index in [0.29, 0.717) is 0 Å². The van der Waals surface area contributed by atoms with Crippen LogP contribution in [0.15, 0.2) is 28.0 Å². The first-order chi connectivity index (χ1) is 7.69. The van der Waals surface area contributed by atoms with E-state index < -0.39 is 40.4 Å². The molecular formula is C7H6N2O6S2. The van der Waals surface area contributed by atoms with Gasteiger partial charge in [-0.3, -0.25) is 10.1 Å². The number of non-ortho nitro benzene ring substituents is 1. The van der Waals surface area contributed by atoms with Crippen molar-refractivity contribution in [3.63, 3.8) is 0 Å². The summed E-state index contributed by atoms with van der Waals surface area (Å²) >= 11 is 0. The molecule has 0 saturated carbocycles. The molecule has 0 N–H and O–H groups in total. The number of nitrogens with zero attached hydrogens (tertiary/aromatic N) is 2. The second-order valence-corrected chi connectivity index (χ2v) is 7.38. The fourth-order valence-electron chi connectivity index (χ4n) is 1.43. The van der Waals surface area contributed by atoms with Crippen LogP contribution in [0.1, 0.15) is 0 Å². The van der Waals surface area contributed by atoms with E-state index in [1.54, 1.807) is 0 Å². The number of benzene rings is 1. The van der Waals surface area contributed by atoms with Gasteiger partial charge in [0, 0.05) is 19.2 Å². The normalized spacial score (nSPS) is 21.0. The molecule has 0 atom stereocenters. The molecule has 0 aromatic heterocycles. The van der Waals surface area contributed by atoms with Gasteiger partial charge in [-0.05, 0) is 6.07 Å². The predicted molar refractivity (Wildman–Crippen MR) is 55.2 cm³/mol. The van der Waals surface area contributed by atoms with E-state index in [-0.39, 0.29) is 3.71 Å². The van der Waals surface area contributed by atoms with E-state index in [1.807, 2.05) is 0 Å². The van der Waals surface area contributed by atoms with Crippen LogP contribution in [0, 0.1) is 10.1 Å². The average Bonchev–Trinajstić information content (AvgIpc) is 2.38. The van der Waals surface area contributed by atoms with Crippen molar-refractivity contribution in [3.05, 3.63) is 28.3 Å². The van der Waals surface area contributed by atoms with Crippen LogP contribution in [0.4, 0.5) is 5.69 Å². The molecule has 0 spiro atoms. The second kappa shape index (κ2) is 3.24. The van der Waals surface area contributed by atoms with Crippen LogP contribution < -0.4 is 0 Å². The smallest absolute Gasteiger partial charge is 0.258 e.